The first kappa shape index (κ1) is 24.5. The van der Waals surface area contributed by atoms with Gasteiger partial charge in [-0.05, 0) is 61.6 Å². The van der Waals surface area contributed by atoms with E-state index in [2.05, 4.69) is 46.4 Å². The van der Waals surface area contributed by atoms with Crippen molar-refractivity contribution in [3.63, 3.8) is 0 Å². The van der Waals surface area contributed by atoms with Crippen LogP contribution in [0.2, 0.25) is 0 Å². The predicted molar refractivity (Wildman–Crippen MR) is 150 cm³/mol. The molecule has 2 aromatic heterocycles. The topological polar surface area (TPSA) is 66.1 Å². The van der Waals surface area contributed by atoms with Crippen molar-refractivity contribution in [3.05, 3.63) is 60.3 Å². The fourth-order valence-electron chi connectivity index (χ4n) is 6.97. The third-order valence-corrected chi connectivity index (χ3v) is 9.16. The van der Waals surface area contributed by atoms with Crippen LogP contribution in [0.4, 0.5) is 20.3 Å². The Kier molecular flexibility index (Phi) is 6.22. The van der Waals surface area contributed by atoms with Crippen LogP contribution < -0.4 is 10.2 Å². The minimum Gasteiger partial charge on any atom is -0.378 e. The van der Waals surface area contributed by atoms with Gasteiger partial charge in [0.05, 0.1) is 24.4 Å². The van der Waals surface area contributed by atoms with E-state index in [0.717, 1.165) is 61.1 Å². The number of aromatic amines is 1. The van der Waals surface area contributed by atoms with E-state index in [1.54, 1.807) is 6.20 Å². The van der Waals surface area contributed by atoms with Crippen LogP contribution in [0.15, 0.2) is 48.7 Å². The molecule has 0 spiro atoms. The molecule has 2 unspecified atom stereocenters. The quantitative estimate of drug-likeness (QED) is 0.303. The molecule has 4 aliphatic rings. The fourth-order valence-corrected chi connectivity index (χ4v) is 6.97. The highest BCUT2D eigenvalue weighted by atomic mass is 19.1. The van der Waals surface area contributed by atoms with Crippen molar-refractivity contribution >= 4 is 22.4 Å². The number of fused-ring (bicyclic) bond motifs is 4. The lowest BCUT2D eigenvalue weighted by Crippen LogP contribution is -2.47. The van der Waals surface area contributed by atoms with Crippen LogP contribution in [0.3, 0.4) is 0 Å². The maximum atomic E-state index is 14.5. The van der Waals surface area contributed by atoms with Gasteiger partial charge in [0.2, 0.25) is 0 Å². The highest BCUT2D eigenvalue weighted by Gasteiger charge is 2.41. The average molecular weight is 530 g/mol. The summed E-state index contributed by atoms with van der Waals surface area (Å²) in [6.45, 7) is 5.58. The minimum absolute atomic E-state index is 0.253. The number of H-pyrrole nitrogens is 1. The van der Waals surface area contributed by atoms with Gasteiger partial charge in [0, 0.05) is 59.7 Å². The van der Waals surface area contributed by atoms with E-state index in [-0.39, 0.29) is 5.52 Å². The summed E-state index contributed by atoms with van der Waals surface area (Å²) in [5, 5.41) is 4.21. The molecule has 2 N–H and O–H groups in total. The molecule has 2 bridgehead atoms. The Morgan fingerprint density at radius 1 is 0.949 bits per heavy atom. The molecule has 0 radical (unpaired) electrons. The predicted octanol–water partition coefficient (Wildman–Crippen LogP) is 6.64. The standard InChI is InChI=1S/C31H33F2N5O/c1-18-19-2-4-21(5-3-19)29(18)36-28-16-27(20-6-8-23(9-7-20)38-10-12-39-13-11-38)35-31(37-28)25-17-34-30-24(25)14-22(32)15-26(30)33/h6-9,14-19,21,29,34H,2-5,10-13H2,1H3,(H,35,36,37). The van der Waals surface area contributed by atoms with Crippen molar-refractivity contribution in [3.8, 4) is 22.6 Å². The van der Waals surface area contributed by atoms with E-state index in [1.807, 2.05) is 6.07 Å². The molecular formula is C31H33F2N5O. The number of aromatic nitrogens is 3. The Morgan fingerprint density at radius 3 is 2.44 bits per heavy atom. The van der Waals surface area contributed by atoms with E-state index in [4.69, 9.17) is 14.7 Å². The Bertz CT molecular complexity index is 1490. The van der Waals surface area contributed by atoms with Gasteiger partial charge in [-0.1, -0.05) is 19.1 Å². The normalized spacial score (nSPS) is 24.8. The summed E-state index contributed by atoms with van der Waals surface area (Å²) in [4.78, 5) is 15.1. The van der Waals surface area contributed by atoms with Crippen LogP contribution in [0.5, 0.6) is 0 Å². The zero-order valence-electron chi connectivity index (χ0n) is 22.1. The monoisotopic (exact) mass is 529 g/mol. The largest absolute Gasteiger partial charge is 0.378 e. The van der Waals surface area contributed by atoms with Crippen molar-refractivity contribution in [2.45, 2.75) is 38.6 Å². The van der Waals surface area contributed by atoms with Crippen molar-refractivity contribution in [2.24, 2.45) is 17.8 Å². The minimum atomic E-state index is -0.628. The summed E-state index contributed by atoms with van der Waals surface area (Å²) in [5.41, 5.74) is 3.73. The van der Waals surface area contributed by atoms with Crippen molar-refractivity contribution < 1.29 is 13.5 Å². The van der Waals surface area contributed by atoms with Gasteiger partial charge in [-0.3, -0.25) is 0 Å². The zero-order valence-corrected chi connectivity index (χ0v) is 22.1. The van der Waals surface area contributed by atoms with E-state index < -0.39 is 11.6 Å². The third kappa shape index (κ3) is 4.54. The van der Waals surface area contributed by atoms with E-state index in [9.17, 15) is 8.78 Å². The molecule has 3 saturated carbocycles. The molecule has 1 aliphatic heterocycles. The highest BCUT2D eigenvalue weighted by molar-refractivity contribution is 5.94. The molecule has 4 aromatic rings. The number of morpholine rings is 1. The lowest BCUT2D eigenvalue weighted by atomic mass is 9.62. The Hall–Kier alpha value is -3.52. The van der Waals surface area contributed by atoms with Gasteiger partial charge in [0.25, 0.3) is 0 Å². The van der Waals surface area contributed by atoms with Crippen LogP contribution >= 0.6 is 0 Å². The second-order valence-corrected chi connectivity index (χ2v) is 11.3. The SMILES string of the molecule is CC1C2CCC(CC2)C1Nc1cc(-c2ccc(N3CCOCC3)cc2)nc(-c2c[nH]c3c(F)cc(F)cc23)n1. The van der Waals surface area contributed by atoms with Crippen LogP contribution in [0, 0.1) is 29.4 Å². The number of rotatable bonds is 5. The van der Waals surface area contributed by atoms with Gasteiger partial charge in [-0.25, -0.2) is 18.7 Å². The summed E-state index contributed by atoms with van der Waals surface area (Å²) >= 11 is 0. The van der Waals surface area contributed by atoms with Crippen LogP contribution in [-0.4, -0.2) is 47.3 Å². The van der Waals surface area contributed by atoms with Crippen LogP contribution in [0.1, 0.15) is 32.6 Å². The average Bonchev–Trinajstić information content (AvgIpc) is 3.40. The number of halogens is 2. The first-order valence-corrected chi connectivity index (χ1v) is 14.1. The van der Waals surface area contributed by atoms with E-state index in [1.165, 1.54) is 31.7 Å². The van der Waals surface area contributed by atoms with E-state index >= 15 is 0 Å². The molecule has 202 valence electrons. The van der Waals surface area contributed by atoms with Gasteiger partial charge in [0.1, 0.15) is 17.5 Å². The first-order chi connectivity index (χ1) is 19.0. The van der Waals surface area contributed by atoms with Crippen molar-refractivity contribution in [1.82, 2.24) is 15.0 Å². The summed E-state index contributed by atoms with van der Waals surface area (Å²) in [7, 11) is 0. The van der Waals surface area contributed by atoms with Gasteiger partial charge < -0.3 is 19.9 Å². The first-order valence-electron chi connectivity index (χ1n) is 14.1. The number of ether oxygens (including phenoxy) is 1. The fraction of sp³-hybridized carbons (Fsp3) is 0.419. The number of nitrogens with one attached hydrogen (secondary N) is 2. The van der Waals surface area contributed by atoms with Gasteiger partial charge in [-0.15, -0.1) is 0 Å². The summed E-state index contributed by atoms with van der Waals surface area (Å²) in [6, 6.07) is 13.0. The molecule has 3 aliphatic carbocycles. The molecule has 0 amide bonds. The molecule has 8 rings (SSSR count). The molecule has 4 fully saturated rings. The molecular weight excluding hydrogens is 496 g/mol. The molecule has 6 nitrogen and oxygen atoms in total. The maximum Gasteiger partial charge on any atom is 0.164 e. The maximum absolute atomic E-state index is 14.5. The Morgan fingerprint density at radius 2 is 1.69 bits per heavy atom. The van der Waals surface area contributed by atoms with Crippen molar-refractivity contribution in [1.29, 1.82) is 0 Å². The third-order valence-electron chi connectivity index (χ3n) is 9.16. The number of benzene rings is 2. The van der Waals surface area contributed by atoms with Gasteiger partial charge in [0.15, 0.2) is 5.82 Å². The Balaban J connectivity index is 1.29. The van der Waals surface area contributed by atoms with E-state index in [0.29, 0.717) is 34.7 Å². The molecule has 39 heavy (non-hydrogen) atoms. The van der Waals surface area contributed by atoms with Gasteiger partial charge >= 0.3 is 0 Å². The second-order valence-electron chi connectivity index (χ2n) is 11.3. The molecule has 2 aromatic carbocycles. The number of nitrogens with zero attached hydrogens (tertiary/aromatic N) is 3. The van der Waals surface area contributed by atoms with Crippen molar-refractivity contribution in [2.75, 3.05) is 36.5 Å². The highest BCUT2D eigenvalue weighted by Crippen LogP contribution is 2.46. The molecule has 1 saturated heterocycles. The lowest BCUT2D eigenvalue weighted by Gasteiger charge is -2.47. The van der Waals surface area contributed by atoms with Crippen LogP contribution in [0.25, 0.3) is 33.5 Å². The molecule has 3 heterocycles. The van der Waals surface area contributed by atoms with Crippen LogP contribution in [-0.2, 0) is 4.74 Å². The Labute approximate surface area is 226 Å². The zero-order chi connectivity index (χ0) is 26.5. The lowest BCUT2D eigenvalue weighted by molar-refractivity contribution is 0.0928. The molecule has 8 heteroatoms. The smallest absolute Gasteiger partial charge is 0.164 e. The summed E-state index contributed by atoms with van der Waals surface area (Å²) in [6.07, 6.45) is 6.80. The number of anilines is 2. The number of hydrogen-bond donors (Lipinski definition) is 2. The summed E-state index contributed by atoms with van der Waals surface area (Å²) in [5.74, 6) is 1.90. The second kappa shape index (κ2) is 9.90. The summed E-state index contributed by atoms with van der Waals surface area (Å²) < 4.78 is 34.2. The van der Waals surface area contributed by atoms with Gasteiger partial charge in [-0.2, -0.15) is 0 Å². The number of hydrogen-bond acceptors (Lipinski definition) is 5. The molecule has 2 atom stereocenters.